The lowest BCUT2D eigenvalue weighted by Crippen LogP contribution is -2.25. The fourth-order valence-corrected chi connectivity index (χ4v) is 1.83. The lowest BCUT2D eigenvalue weighted by Gasteiger charge is -2.19. The summed E-state index contributed by atoms with van der Waals surface area (Å²) in [4.78, 5) is 0. The number of aromatic hydroxyl groups is 1. The van der Waals surface area contributed by atoms with Crippen LogP contribution >= 0.6 is 28.3 Å². The molecule has 0 amide bonds. The first-order valence-electron chi connectivity index (χ1n) is 4.98. The Kier molecular flexibility index (Phi) is 6.99. The van der Waals surface area contributed by atoms with Crippen molar-refractivity contribution < 1.29 is 10.2 Å². The van der Waals surface area contributed by atoms with Crippen molar-refractivity contribution in [2.75, 3.05) is 0 Å². The number of aliphatic hydroxyl groups is 1. The summed E-state index contributed by atoms with van der Waals surface area (Å²) in [6.07, 6.45) is 0.894. The highest BCUT2D eigenvalue weighted by atomic mass is 79.9. The highest BCUT2D eigenvalue weighted by Gasteiger charge is 2.18. The van der Waals surface area contributed by atoms with Crippen LogP contribution in [0, 0.1) is 0 Å². The lowest BCUT2D eigenvalue weighted by molar-refractivity contribution is 0.133. The second-order valence-corrected chi connectivity index (χ2v) is 4.50. The highest BCUT2D eigenvalue weighted by molar-refractivity contribution is 9.10. The summed E-state index contributed by atoms with van der Waals surface area (Å²) < 4.78 is 0.793. The van der Waals surface area contributed by atoms with Crippen LogP contribution in [0.5, 0.6) is 5.75 Å². The molecule has 0 saturated heterocycles. The smallest absolute Gasteiger partial charge is 0.121 e. The number of aliphatic hydroxyl groups excluding tert-OH is 1. The summed E-state index contributed by atoms with van der Waals surface area (Å²) in [7, 11) is 0. The van der Waals surface area contributed by atoms with Crippen molar-refractivity contribution in [2.24, 2.45) is 5.73 Å². The molecule has 92 valence electrons. The van der Waals surface area contributed by atoms with Crippen LogP contribution in [0.4, 0.5) is 0 Å². The van der Waals surface area contributed by atoms with Crippen molar-refractivity contribution >= 4 is 28.3 Å². The van der Waals surface area contributed by atoms with Gasteiger partial charge in [0.2, 0.25) is 0 Å². The third-order valence-corrected chi connectivity index (χ3v) is 2.84. The lowest BCUT2D eigenvalue weighted by atomic mass is 9.98. The van der Waals surface area contributed by atoms with Crippen LogP contribution in [0.2, 0.25) is 0 Å². The molecule has 0 aliphatic rings. The molecule has 3 nitrogen and oxygen atoms in total. The molecular formula is C11H17BrClNO2. The van der Waals surface area contributed by atoms with Gasteiger partial charge in [0.05, 0.1) is 12.1 Å². The minimum absolute atomic E-state index is 0. The summed E-state index contributed by atoms with van der Waals surface area (Å²) in [5.41, 5.74) is 6.43. The van der Waals surface area contributed by atoms with Gasteiger partial charge in [-0.15, -0.1) is 12.4 Å². The van der Waals surface area contributed by atoms with E-state index in [2.05, 4.69) is 15.9 Å². The zero-order valence-electron chi connectivity index (χ0n) is 9.06. The van der Waals surface area contributed by atoms with Gasteiger partial charge in [-0.1, -0.05) is 35.3 Å². The molecule has 1 rings (SSSR count). The zero-order valence-corrected chi connectivity index (χ0v) is 11.5. The molecule has 1 aromatic rings. The molecule has 0 unspecified atom stereocenters. The number of phenolic OH excluding ortho intramolecular Hbond substituents is 1. The van der Waals surface area contributed by atoms with E-state index in [0.29, 0.717) is 12.0 Å². The molecule has 0 spiro atoms. The number of hydrogen-bond donors (Lipinski definition) is 3. The third-order valence-electron chi connectivity index (χ3n) is 2.35. The molecule has 2 atom stereocenters. The van der Waals surface area contributed by atoms with Gasteiger partial charge in [-0.05, 0) is 18.6 Å². The minimum atomic E-state index is -0.609. The Balaban J connectivity index is 0.00000225. The first-order valence-corrected chi connectivity index (χ1v) is 5.77. The van der Waals surface area contributed by atoms with E-state index in [-0.39, 0.29) is 18.2 Å². The van der Waals surface area contributed by atoms with E-state index in [9.17, 15) is 10.2 Å². The molecule has 0 heterocycles. The van der Waals surface area contributed by atoms with Crippen LogP contribution in [0.3, 0.4) is 0 Å². The normalized spacial score (nSPS) is 14.0. The Morgan fingerprint density at radius 1 is 1.44 bits per heavy atom. The molecular weight excluding hydrogens is 293 g/mol. The molecule has 0 fully saturated rings. The van der Waals surface area contributed by atoms with Crippen molar-refractivity contribution in [2.45, 2.75) is 31.9 Å². The number of rotatable bonds is 4. The van der Waals surface area contributed by atoms with Crippen LogP contribution in [0.25, 0.3) is 0 Å². The highest BCUT2D eigenvalue weighted by Crippen LogP contribution is 2.28. The van der Waals surface area contributed by atoms with Crippen molar-refractivity contribution in [3.8, 4) is 5.75 Å². The number of nitrogens with two attached hydrogens (primary N) is 1. The van der Waals surface area contributed by atoms with Gasteiger partial charge in [0, 0.05) is 10.0 Å². The molecule has 0 aromatic heterocycles. The van der Waals surface area contributed by atoms with Crippen molar-refractivity contribution in [1.82, 2.24) is 0 Å². The molecule has 5 heteroatoms. The molecule has 0 saturated carbocycles. The van der Waals surface area contributed by atoms with Crippen LogP contribution in [-0.4, -0.2) is 16.3 Å². The van der Waals surface area contributed by atoms with Gasteiger partial charge in [-0.2, -0.15) is 0 Å². The number of phenols is 1. The molecule has 0 radical (unpaired) electrons. The Morgan fingerprint density at radius 2 is 2.06 bits per heavy atom. The van der Waals surface area contributed by atoms with Gasteiger partial charge < -0.3 is 15.9 Å². The number of benzene rings is 1. The maximum Gasteiger partial charge on any atom is 0.121 e. The van der Waals surface area contributed by atoms with Crippen molar-refractivity contribution in [3.63, 3.8) is 0 Å². The summed E-state index contributed by atoms with van der Waals surface area (Å²) in [6.45, 7) is 1.98. The first kappa shape index (κ1) is 15.7. The first-order chi connectivity index (χ1) is 7.06. The van der Waals surface area contributed by atoms with Crippen LogP contribution in [0.1, 0.15) is 31.4 Å². The maximum absolute atomic E-state index is 9.72. The van der Waals surface area contributed by atoms with Gasteiger partial charge in [0.1, 0.15) is 5.75 Å². The Morgan fingerprint density at radius 3 is 2.56 bits per heavy atom. The Bertz CT molecular complexity index is 336. The minimum Gasteiger partial charge on any atom is -0.508 e. The predicted molar refractivity (Wildman–Crippen MR) is 70.9 cm³/mol. The van der Waals surface area contributed by atoms with E-state index in [1.165, 1.54) is 0 Å². The summed E-state index contributed by atoms with van der Waals surface area (Å²) in [5.74, 6) is 0.118. The van der Waals surface area contributed by atoms with E-state index < -0.39 is 12.1 Å². The molecule has 16 heavy (non-hydrogen) atoms. The summed E-state index contributed by atoms with van der Waals surface area (Å²) >= 11 is 3.25. The van der Waals surface area contributed by atoms with Crippen LogP contribution < -0.4 is 5.73 Å². The Hall–Kier alpha value is -0.290. The van der Waals surface area contributed by atoms with Gasteiger partial charge >= 0.3 is 0 Å². The quantitative estimate of drug-likeness (QED) is 0.801. The van der Waals surface area contributed by atoms with Crippen LogP contribution in [-0.2, 0) is 0 Å². The Labute approximate surface area is 110 Å². The molecule has 0 aliphatic carbocycles. The third kappa shape index (κ3) is 3.94. The van der Waals surface area contributed by atoms with E-state index in [1.54, 1.807) is 18.2 Å². The topological polar surface area (TPSA) is 66.5 Å². The fourth-order valence-electron chi connectivity index (χ4n) is 1.48. The van der Waals surface area contributed by atoms with E-state index in [4.69, 9.17) is 5.73 Å². The SMILES string of the molecule is CCC[C@H](O)[C@H](N)c1ccc(Br)cc1O.Cl. The molecule has 4 N–H and O–H groups in total. The van der Waals surface area contributed by atoms with Gasteiger partial charge in [0.25, 0.3) is 0 Å². The molecule has 0 bridgehead atoms. The number of hydrogen-bond acceptors (Lipinski definition) is 3. The summed E-state index contributed by atoms with van der Waals surface area (Å²) in [6, 6.07) is 4.57. The largest absolute Gasteiger partial charge is 0.508 e. The standard InChI is InChI=1S/C11H16BrNO2.ClH/c1-2-3-9(14)11(13)8-5-4-7(12)6-10(8)15;/h4-6,9,11,14-15H,2-3,13H2,1H3;1H/t9-,11+;/m0./s1. The molecule has 0 aliphatic heterocycles. The van der Waals surface area contributed by atoms with Crippen LogP contribution in [0.15, 0.2) is 22.7 Å². The van der Waals surface area contributed by atoms with Gasteiger partial charge in [0.15, 0.2) is 0 Å². The number of halogens is 2. The van der Waals surface area contributed by atoms with Gasteiger partial charge in [-0.25, -0.2) is 0 Å². The predicted octanol–water partition coefficient (Wildman–Crippen LogP) is 2.74. The van der Waals surface area contributed by atoms with E-state index in [1.807, 2.05) is 6.92 Å². The monoisotopic (exact) mass is 309 g/mol. The van der Waals surface area contributed by atoms with E-state index >= 15 is 0 Å². The summed E-state index contributed by atoms with van der Waals surface area (Å²) in [5, 5.41) is 19.4. The van der Waals surface area contributed by atoms with Gasteiger partial charge in [-0.3, -0.25) is 0 Å². The van der Waals surface area contributed by atoms with Crippen molar-refractivity contribution in [3.05, 3.63) is 28.2 Å². The average molecular weight is 311 g/mol. The second-order valence-electron chi connectivity index (χ2n) is 3.58. The van der Waals surface area contributed by atoms with E-state index in [0.717, 1.165) is 10.9 Å². The fraction of sp³-hybridized carbons (Fsp3) is 0.455. The molecule has 1 aromatic carbocycles. The average Bonchev–Trinajstić information content (AvgIpc) is 2.17. The van der Waals surface area contributed by atoms with Crippen molar-refractivity contribution in [1.29, 1.82) is 0 Å². The maximum atomic E-state index is 9.72. The second kappa shape index (κ2) is 7.12. The zero-order chi connectivity index (χ0) is 11.4.